The van der Waals surface area contributed by atoms with Crippen molar-refractivity contribution < 1.29 is 14.3 Å². The van der Waals surface area contributed by atoms with Gasteiger partial charge < -0.3 is 15.0 Å². The summed E-state index contributed by atoms with van der Waals surface area (Å²) < 4.78 is 5.70. The van der Waals surface area contributed by atoms with Crippen LogP contribution in [-0.2, 0) is 9.59 Å². The van der Waals surface area contributed by atoms with Gasteiger partial charge in [0.2, 0.25) is 5.91 Å². The summed E-state index contributed by atoms with van der Waals surface area (Å²) >= 11 is 6.05. The number of nitrogens with one attached hydrogen (secondary N) is 1. The number of likely N-dealkylation sites (tertiary alicyclic amines) is 1. The highest BCUT2D eigenvalue weighted by atomic mass is 35.5. The molecule has 2 amide bonds. The number of halogens is 1. The van der Waals surface area contributed by atoms with Crippen molar-refractivity contribution in [3.8, 4) is 5.75 Å². The van der Waals surface area contributed by atoms with Crippen molar-refractivity contribution >= 4 is 35.2 Å². The van der Waals surface area contributed by atoms with Crippen molar-refractivity contribution in [2.45, 2.75) is 12.8 Å². The molecular formula is C22H21ClN2O3. The molecule has 144 valence electrons. The second-order valence-corrected chi connectivity index (χ2v) is 7.52. The van der Waals surface area contributed by atoms with Crippen LogP contribution in [0.5, 0.6) is 5.75 Å². The highest BCUT2D eigenvalue weighted by Gasteiger charge is 2.30. The Morgan fingerprint density at radius 3 is 2.79 bits per heavy atom. The molecule has 0 aliphatic carbocycles. The smallest absolute Gasteiger partial charge is 0.253 e. The molecular weight excluding hydrogens is 376 g/mol. The Labute approximate surface area is 168 Å². The predicted molar refractivity (Wildman–Crippen MR) is 109 cm³/mol. The maximum atomic E-state index is 13.0. The van der Waals surface area contributed by atoms with Crippen LogP contribution < -0.4 is 10.1 Å². The molecule has 1 N–H and O–H groups in total. The number of amides is 2. The fourth-order valence-corrected chi connectivity index (χ4v) is 3.80. The average molecular weight is 397 g/mol. The lowest BCUT2D eigenvalue weighted by atomic mass is 9.96. The number of piperidine rings is 1. The summed E-state index contributed by atoms with van der Waals surface area (Å²) in [5.74, 6) is 0.377. The summed E-state index contributed by atoms with van der Waals surface area (Å²) in [5, 5.41) is 3.54. The van der Waals surface area contributed by atoms with Crippen LogP contribution in [0.25, 0.3) is 6.08 Å². The van der Waals surface area contributed by atoms with Crippen LogP contribution in [0.1, 0.15) is 18.4 Å². The monoisotopic (exact) mass is 396 g/mol. The van der Waals surface area contributed by atoms with Crippen molar-refractivity contribution in [3.63, 3.8) is 0 Å². The van der Waals surface area contributed by atoms with Crippen LogP contribution in [0.3, 0.4) is 0 Å². The number of nitrogens with zero attached hydrogens (tertiary/aromatic N) is 1. The van der Waals surface area contributed by atoms with Gasteiger partial charge in [-0.25, -0.2) is 0 Å². The summed E-state index contributed by atoms with van der Waals surface area (Å²) in [5.41, 5.74) is 2.16. The zero-order chi connectivity index (χ0) is 19.5. The SMILES string of the molecule is O=C(Nc1ccccc1)C1CCCN(C(=O)C2=Cc3cc(Cl)ccc3OC2)C1. The summed E-state index contributed by atoms with van der Waals surface area (Å²) in [6.45, 7) is 1.29. The Bertz CT molecular complexity index is 927. The Kier molecular flexibility index (Phi) is 5.35. The molecule has 28 heavy (non-hydrogen) atoms. The van der Waals surface area contributed by atoms with E-state index in [4.69, 9.17) is 16.3 Å². The Balaban J connectivity index is 1.44. The first kappa shape index (κ1) is 18.6. The number of hydrogen-bond donors (Lipinski definition) is 1. The molecule has 0 radical (unpaired) electrons. The van der Waals surface area contributed by atoms with Crippen molar-refractivity contribution in [1.29, 1.82) is 0 Å². The first-order valence-electron chi connectivity index (χ1n) is 9.38. The second kappa shape index (κ2) is 8.07. The molecule has 2 aromatic carbocycles. The molecule has 0 saturated carbocycles. The summed E-state index contributed by atoms with van der Waals surface area (Å²) in [7, 11) is 0. The van der Waals surface area contributed by atoms with Gasteiger partial charge in [-0.3, -0.25) is 9.59 Å². The predicted octanol–water partition coefficient (Wildman–Crippen LogP) is 3.99. The molecule has 1 fully saturated rings. The summed E-state index contributed by atoms with van der Waals surface area (Å²) in [4.78, 5) is 27.4. The molecule has 0 aromatic heterocycles. The quantitative estimate of drug-likeness (QED) is 0.853. The van der Waals surface area contributed by atoms with E-state index in [0.717, 1.165) is 29.8 Å². The van der Waals surface area contributed by atoms with Gasteiger partial charge in [0, 0.05) is 29.4 Å². The molecule has 6 heteroatoms. The number of carbonyl (C=O) groups is 2. The van der Waals surface area contributed by atoms with Crippen LogP contribution in [0, 0.1) is 5.92 Å². The zero-order valence-corrected chi connectivity index (χ0v) is 16.1. The van der Waals surface area contributed by atoms with Gasteiger partial charge in [0.25, 0.3) is 5.91 Å². The minimum Gasteiger partial charge on any atom is -0.488 e. The number of benzene rings is 2. The van der Waals surface area contributed by atoms with E-state index in [0.29, 0.717) is 23.7 Å². The number of para-hydroxylation sites is 1. The van der Waals surface area contributed by atoms with Gasteiger partial charge in [0.05, 0.1) is 11.5 Å². The molecule has 1 saturated heterocycles. The molecule has 5 nitrogen and oxygen atoms in total. The normalized spacial score (nSPS) is 18.5. The number of rotatable bonds is 3. The third-order valence-electron chi connectivity index (χ3n) is 5.08. The molecule has 2 aliphatic rings. The first-order valence-corrected chi connectivity index (χ1v) is 9.76. The minimum atomic E-state index is -0.218. The summed E-state index contributed by atoms with van der Waals surface area (Å²) in [6.07, 6.45) is 3.41. The zero-order valence-electron chi connectivity index (χ0n) is 15.4. The molecule has 2 heterocycles. The molecule has 2 aromatic rings. The van der Waals surface area contributed by atoms with Crippen LogP contribution in [0.2, 0.25) is 5.02 Å². The van der Waals surface area contributed by atoms with E-state index in [1.54, 1.807) is 23.1 Å². The largest absolute Gasteiger partial charge is 0.488 e. The van der Waals surface area contributed by atoms with Gasteiger partial charge in [0.15, 0.2) is 0 Å². The number of fused-ring (bicyclic) bond motifs is 1. The topological polar surface area (TPSA) is 58.6 Å². The molecule has 1 unspecified atom stereocenters. The van der Waals surface area contributed by atoms with Crippen LogP contribution in [0.15, 0.2) is 54.1 Å². The number of carbonyl (C=O) groups excluding carboxylic acids is 2. The highest BCUT2D eigenvalue weighted by molar-refractivity contribution is 6.30. The van der Waals surface area contributed by atoms with Crippen LogP contribution >= 0.6 is 11.6 Å². The van der Waals surface area contributed by atoms with Gasteiger partial charge in [-0.2, -0.15) is 0 Å². The van der Waals surface area contributed by atoms with E-state index >= 15 is 0 Å². The van der Waals surface area contributed by atoms with Gasteiger partial charge in [0.1, 0.15) is 12.4 Å². The lowest BCUT2D eigenvalue weighted by Gasteiger charge is -2.33. The van der Waals surface area contributed by atoms with Gasteiger partial charge >= 0.3 is 0 Å². The maximum absolute atomic E-state index is 13.0. The lowest BCUT2D eigenvalue weighted by Crippen LogP contribution is -2.45. The Hall–Kier alpha value is -2.79. The third-order valence-corrected chi connectivity index (χ3v) is 5.32. The van der Waals surface area contributed by atoms with E-state index in [2.05, 4.69) is 5.32 Å². The third kappa shape index (κ3) is 4.04. The van der Waals surface area contributed by atoms with Gasteiger partial charge in [-0.15, -0.1) is 0 Å². The number of ether oxygens (including phenoxy) is 1. The molecule has 0 spiro atoms. The van der Waals surface area contributed by atoms with E-state index < -0.39 is 0 Å². The standard InChI is InChI=1S/C22H21ClN2O3/c23-18-8-9-20-16(12-18)11-17(14-28-20)22(27)25-10-4-5-15(13-25)21(26)24-19-6-2-1-3-7-19/h1-3,6-9,11-12,15H,4-5,10,13-14H2,(H,24,26). The van der Waals surface area contributed by atoms with Gasteiger partial charge in [-0.05, 0) is 49.2 Å². The lowest BCUT2D eigenvalue weighted by molar-refractivity contribution is -0.131. The maximum Gasteiger partial charge on any atom is 0.253 e. The van der Waals surface area contributed by atoms with Crippen molar-refractivity contribution in [1.82, 2.24) is 4.90 Å². The molecule has 0 bridgehead atoms. The minimum absolute atomic E-state index is 0.0466. The molecule has 1 atom stereocenters. The number of hydrogen-bond acceptors (Lipinski definition) is 3. The summed E-state index contributed by atoms with van der Waals surface area (Å²) in [6, 6.07) is 14.7. The van der Waals surface area contributed by atoms with E-state index in [-0.39, 0.29) is 24.3 Å². The average Bonchev–Trinajstić information content (AvgIpc) is 2.73. The van der Waals surface area contributed by atoms with Crippen LogP contribution in [-0.4, -0.2) is 36.4 Å². The van der Waals surface area contributed by atoms with Crippen molar-refractivity contribution in [2.24, 2.45) is 5.92 Å². The van der Waals surface area contributed by atoms with E-state index in [9.17, 15) is 9.59 Å². The molecule has 2 aliphatic heterocycles. The van der Waals surface area contributed by atoms with E-state index in [1.807, 2.05) is 36.4 Å². The molecule has 4 rings (SSSR count). The van der Waals surface area contributed by atoms with Crippen LogP contribution in [0.4, 0.5) is 5.69 Å². The first-order chi connectivity index (χ1) is 13.6. The fourth-order valence-electron chi connectivity index (χ4n) is 3.62. The van der Waals surface area contributed by atoms with E-state index in [1.165, 1.54) is 0 Å². The van der Waals surface area contributed by atoms with Crippen molar-refractivity contribution in [2.75, 3.05) is 25.0 Å². The number of anilines is 1. The Morgan fingerprint density at radius 2 is 1.96 bits per heavy atom. The highest BCUT2D eigenvalue weighted by Crippen LogP contribution is 2.30. The van der Waals surface area contributed by atoms with Crippen molar-refractivity contribution in [3.05, 3.63) is 64.7 Å². The fraction of sp³-hybridized carbons (Fsp3) is 0.273. The van der Waals surface area contributed by atoms with Gasteiger partial charge in [-0.1, -0.05) is 29.8 Å². The second-order valence-electron chi connectivity index (χ2n) is 7.09. The Morgan fingerprint density at radius 1 is 1.14 bits per heavy atom.